The van der Waals surface area contributed by atoms with Crippen molar-refractivity contribution in [3.8, 4) is 0 Å². The number of hydrogen-bond acceptors (Lipinski definition) is 4. The molecule has 0 radical (unpaired) electrons. The van der Waals surface area contributed by atoms with Crippen LogP contribution in [0, 0.1) is 13.8 Å². The lowest BCUT2D eigenvalue weighted by Gasteiger charge is -2.22. The molecule has 5 heteroatoms. The summed E-state index contributed by atoms with van der Waals surface area (Å²) in [5, 5.41) is 0.994. The maximum atomic E-state index is 13.7. The smallest absolute Gasteiger partial charge is 0.340 e. The first-order valence-corrected chi connectivity index (χ1v) is 9.73. The van der Waals surface area contributed by atoms with Crippen molar-refractivity contribution in [3.63, 3.8) is 0 Å². The van der Waals surface area contributed by atoms with Gasteiger partial charge in [0.25, 0.3) is 5.56 Å². The number of nitrogens with zero attached hydrogens (tertiary/aromatic N) is 2. The molecule has 0 bridgehead atoms. The normalized spacial score (nSPS) is 11.1. The summed E-state index contributed by atoms with van der Waals surface area (Å²) in [6.45, 7) is 3.54. The molecular formula is C25H22N2O3. The number of aromatic nitrogens is 2. The highest BCUT2D eigenvalue weighted by Gasteiger charge is 2.23. The van der Waals surface area contributed by atoms with Gasteiger partial charge in [0.2, 0.25) is 0 Å². The highest BCUT2D eigenvalue weighted by atomic mass is 16.5. The Morgan fingerprint density at radius 1 is 0.900 bits per heavy atom. The van der Waals surface area contributed by atoms with Crippen LogP contribution < -0.4 is 5.56 Å². The van der Waals surface area contributed by atoms with E-state index >= 15 is 0 Å². The maximum absolute atomic E-state index is 13.7. The van der Waals surface area contributed by atoms with Gasteiger partial charge in [0.05, 0.1) is 35.5 Å². The molecule has 0 amide bonds. The lowest BCUT2D eigenvalue weighted by atomic mass is 9.97. The average Bonchev–Trinajstić information content (AvgIpc) is 2.76. The van der Waals surface area contributed by atoms with Gasteiger partial charge in [-0.05, 0) is 31.0 Å². The first-order valence-electron chi connectivity index (χ1n) is 9.73. The molecule has 5 nitrogen and oxygen atoms in total. The summed E-state index contributed by atoms with van der Waals surface area (Å²) in [6.07, 6.45) is 1.75. The van der Waals surface area contributed by atoms with Gasteiger partial charge in [-0.3, -0.25) is 9.78 Å². The summed E-state index contributed by atoms with van der Waals surface area (Å²) in [5.74, 6) is -0.496. The molecule has 4 rings (SSSR count). The average molecular weight is 398 g/mol. The van der Waals surface area contributed by atoms with Crippen LogP contribution in [0.1, 0.15) is 38.9 Å². The fraction of sp³-hybridized carbons (Fsp3) is 0.160. The van der Waals surface area contributed by atoms with Crippen LogP contribution >= 0.6 is 0 Å². The maximum Gasteiger partial charge on any atom is 0.340 e. The van der Waals surface area contributed by atoms with Crippen LogP contribution in [-0.4, -0.2) is 22.6 Å². The fourth-order valence-corrected chi connectivity index (χ4v) is 4.01. The van der Waals surface area contributed by atoms with E-state index in [0.29, 0.717) is 27.7 Å². The predicted octanol–water partition coefficient (Wildman–Crippen LogP) is 4.44. The Labute approximate surface area is 174 Å². The number of fused-ring (bicyclic) bond motifs is 1. The first kappa shape index (κ1) is 19.6. The lowest BCUT2D eigenvalue weighted by molar-refractivity contribution is 0.0601. The molecule has 4 aromatic rings. The molecule has 0 aliphatic rings. The van der Waals surface area contributed by atoms with Crippen LogP contribution in [0.25, 0.3) is 10.8 Å². The summed E-state index contributed by atoms with van der Waals surface area (Å²) < 4.78 is 6.64. The van der Waals surface area contributed by atoms with Crippen molar-refractivity contribution in [1.29, 1.82) is 0 Å². The molecule has 0 aliphatic carbocycles. The Bertz CT molecular complexity index is 1240. The number of pyridine rings is 2. The number of hydrogen-bond donors (Lipinski definition) is 0. The van der Waals surface area contributed by atoms with Crippen molar-refractivity contribution in [2.75, 3.05) is 7.11 Å². The summed E-state index contributed by atoms with van der Waals surface area (Å²) in [5.41, 5.74) is 3.27. The molecule has 0 saturated carbocycles. The van der Waals surface area contributed by atoms with Gasteiger partial charge in [0.1, 0.15) is 0 Å². The lowest BCUT2D eigenvalue weighted by Crippen LogP contribution is -2.27. The second kappa shape index (κ2) is 7.95. The Balaban J connectivity index is 2.04. The van der Waals surface area contributed by atoms with E-state index in [1.807, 2.05) is 66.7 Å². The third kappa shape index (κ3) is 3.28. The van der Waals surface area contributed by atoms with Gasteiger partial charge in [-0.1, -0.05) is 60.7 Å². The number of methoxy groups -OCH3 is 1. The van der Waals surface area contributed by atoms with Crippen molar-refractivity contribution in [2.45, 2.75) is 19.9 Å². The van der Waals surface area contributed by atoms with Gasteiger partial charge in [-0.25, -0.2) is 4.79 Å². The van der Waals surface area contributed by atoms with E-state index in [1.54, 1.807) is 24.6 Å². The zero-order chi connectivity index (χ0) is 21.3. The Morgan fingerprint density at radius 3 is 2.00 bits per heavy atom. The van der Waals surface area contributed by atoms with E-state index in [-0.39, 0.29) is 11.6 Å². The molecule has 0 spiro atoms. The number of ether oxygens (including phenoxy) is 1. The Morgan fingerprint density at radius 2 is 1.47 bits per heavy atom. The number of esters is 1. The van der Waals surface area contributed by atoms with Gasteiger partial charge in [0.15, 0.2) is 0 Å². The summed E-state index contributed by atoms with van der Waals surface area (Å²) in [7, 11) is 1.33. The minimum Gasteiger partial charge on any atom is -0.465 e. The first-order chi connectivity index (χ1) is 14.5. The van der Waals surface area contributed by atoms with Gasteiger partial charge < -0.3 is 9.30 Å². The highest BCUT2D eigenvalue weighted by molar-refractivity contribution is 6.05. The molecule has 150 valence electrons. The van der Waals surface area contributed by atoms with E-state index in [9.17, 15) is 9.59 Å². The monoisotopic (exact) mass is 398 g/mol. The largest absolute Gasteiger partial charge is 0.465 e. The number of carbonyl (C=O) groups is 1. The van der Waals surface area contributed by atoms with E-state index in [2.05, 4.69) is 4.98 Å². The molecular weight excluding hydrogens is 376 g/mol. The Hall–Kier alpha value is -3.73. The minimum absolute atomic E-state index is 0.194. The van der Waals surface area contributed by atoms with Crippen molar-refractivity contribution in [2.24, 2.45) is 0 Å². The second-order valence-electron chi connectivity index (χ2n) is 7.19. The zero-order valence-electron chi connectivity index (χ0n) is 17.1. The van der Waals surface area contributed by atoms with E-state index in [4.69, 9.17) is 4.74 Å². The molecule has 2 heterocycles. The Kier molecular flexibility index (Phi) is 5.19. The van der Waals surface area contributed by atoms with Crippen molar-refractivity contribution in [3.05, 3.63) is 111 Å². The van der Waals surface area contributed by atoms with Crippen LogP contribution in [0.15, 0.2) is 77.7 Å². The van der Waals surface area contributed by atoms with Crippen molar-refractivity contribution in [1.82, 2.24) is 9.55 Å². The van der Waals surface area contributed by atoms with Crippen LogP contribution in [0.4, 0.5) is 0 Å². The standard InChI is InChI=1S/C25H22N2O3/c1-16-21-20(22(17(2)26-16)25(29)30-3)14-15-27(24(21)28)23(18-10-6-4-7-11-18)19-12-8-5-9-13-19/h4-15,23H,1-3H3. The van der Waals surface area contributed by atoms with Crippen LogP contribution in [0.2, 0.25) is 0 Å². The van der Waals surface area contributed by atoms with Crippen LogP contribution in [0.5, 0.6) is 0 Å². The molecule has 2 aromatic carbocycles. The predicted molar refractivity (Wildman–Crippen MR) is 117 cm³/mol. The fourth-order valence-electron chi connectivity index (χ4n) is 4.01. The highest BCUT2D eigenvalue weighted by Crippen LogP contribution is 2.28. The third-order valence-corrected chi connectivity index (χ3v) is 5.35. The van der Waals surface area contributed by atoms with Gasteiger partial charge in [0, 0.05) is 11.6 Å². The summed E-state index contributed by atoms with van der Waals surface area (Å²) in [4.78, 5) is 30.5. The number of rotatable bonds is 4. The zero-order valence-corrected chi connectivity index (χ0v) is 17.1. The SMILES string of the molecule is COC(=O)c1c(C)nc(C)c2c(=O)n(C(c3ccccc3)c3ccccc3)ccc12. The molecule has 0 atom stereocenters. The molecule has 30 heavy (non-hydrogen) atoms. The van der Waals surface area contributed by atoms with Crippen molar-refractivity contribution >= 4 is 16.7 Å². The topological polar surface area (TPSA) is 61.2 Å². The molecule has 0 unspecified atom stereocenters. The third-order valence-electron chi connectivity index (χ3n) is 5.35. The number of carbonyl (C=O) groups excluding carboxylic acids is 1. The van der Waals surface area contributed by atoms with Gasteiger partial charge in [-0.15, -0.1) is 0 Å². The quantitative estimate of drug-likeness (QED) is 0.477. The molecule has 2 aromatic heterocycles. The van der Waals surface area contributed by atoms with Crippen LogP contribution in [0.3, 0.4) is 0 Å². The molecule has 0 aliphatic heterocycles. The summed E-state index contributed by atoms with van der Waals surface area (Å²) in [6, 6.07) is 21.3. The van der Waals surface area contributed by atoms with Crippen molar-refractivity contribution < 1.29 is 9.53 Å². The number of aryl methyl sites for hydroxylation is 2. The van der Waals surface area contributed by atoms with E-state index in [0.717, 1.165) is 11.1 Å². The second-order valence-corrected chi connectivity index (χ2v) is 7.19. The van der Waals surface area contributed by atoms with E-state index < -0.39 is 5.97 Å². The van der Waals surface area contributed by atoms with Gasteiger partial charge in [-0.2, -0.15) is 0 Å². The van der Waals surface area contributed by atoms with E-state index in [1.165, 1.54) is 7.11 Å². The number of benzene rings is 2. The minimum atomic E-state index is -0.496. The van der Waals surface area contributed by atoms with Crippen LogP contribution in [-0.2, 0) is 4.74 Å². The van der Waals surface area contributed by atoms with Gasteiger partial charge >= 0.3 is 5.97 Å². The molecule has 0 N–H and O–H groups in total. The molecule has 0 saturated heterocycles. The molecule has 0 fully saturated rings. The summed E-state index contributed by atoms with van der Waals surface area (Å²) >= 11 is 0.